The molecule has 0 spiro atoms. The summed E-state index contributed by atoms with van der Waals surface area (Å²) in [7, 11) is 0. The van der Waals surface area contributed by atoms with Crippen LogP contribution in [0.25, 0.3) is 0 Å². The molecular weight excluding hydrogens is 323 g/mol. The zero-order valence-electron chi connectivity index (χ0n) is 13.4. The Labute approximate surface area is 139 Å². The average Bonchev–Trinajstić information content (AvgIpc) is 2.49. The van der Waals surface area contributed by atoms with Crippen LogP contribution in [0.4, 0.5) is 13.2 Å². The van der Waals surface area contributed by atoms with E-state index >= 15 is 0 Å². The van der Waals surface area contributed by atoms with E-state index in [1.54, 1.807) is 0 Å². The number of benzene rings is 1. The Morgan fingerprint density at radius 2 is 2.00 bits per heavy atom. The first-order chi connectivity index (χ1) is 11.2. The summed E-state index contributed by atoms with van der Waals surface area (Å²) in [4.78, 5) is 4.14. The van der Waals surface area contributed by atoms with Crippen molar-refractivity contribution < 1.29 is 23.0 Å². The van der Waals surface area contributed by atoms with Crippen molar-refractivity contribution in [1.29, 1.82) is 0 Å². The van der Waals surface area contributed by atoms with Crippen LogP contribution in [0.15, 0.2) is 41.4 Å². The molecule has 1 rings (SSSR count). The lowest BCUT2D eigenvalue weighted by atomic mass is 10.0. The van der Waals surface area contributed by atoms with Gasteiger partial charge in [-0.25, -0.2) is 0 Å². The van der Waals surface area contributed by atoms with Crippen molar-refractivity contribution in [1.82, 2.24) is 5.32 Å². The minimum absolute atomic E-state index is 0.113. The second kappa shape index (κ2) is 9.17. The molecule has 0 bridgehead atoms. The van der Waals surface area contributed by atoms with Crippen molar-refractivity contribution in [2.75, 3.05) is 19.7 Å². The van der Waals surface area contributed by atoms with Gasteiger partial charge in [0.05, 0.1) is 0 Å². The van der Waals surface area contributed by atoms with Crippen LogP contribution in [0.5, 0.6) is 5.75 Å². The van der Waals surface area contributed by atoms with Crippen molar-refractivity contribution in [3.63, 3.8) is 0 Å². The zero-order chi connectivity index (χ0) is 18.2. The number of nitrogens with zero attached hydrogens (tertiary/aromatic N) is 1. The van der Waals surface area contributed by atoms with E-state index in [-0.39, 0.29) is 24.2 Å². The van der Waals surface area contributed by atoms with Gasteiger partial charge < -0.3 is 20.9 Å². The van der Waals surface area contributed by atoms with Gasteiger partial charge in [0, 0.05) is 25.6 Å². The molecule has 0 saturated carbocycles. The summed E-state index contributed by atoms with van der Waals surface area (Å²) in [6.45, 7) is 6.28. The number of aliphatic imine (C=N–C) groups is 1. The second-order valence-electron chi connectivity index (χ2n) is 5.48. The predicted octanol–water partition coefficient (Wildman–Crippen LogP) is 2.22. The Balaban J connectivity index is 2.55. The van der Waals surface area contributed by atoms with Gasteiger partial charge in [-0.3, -0.25) is 4.99 Å². The van der Waals surface area contributed by atoms with Gasteiger partial charge in [0.25, 0.3) is 0 Å². The van der Waals surface area contributed by atoms with E-state index < -0.39 is 6.36 Å². The summed E-state index contributed by atoms with van der Waals surface area (Å²) in [5.41, 5.74) is 7.37. The molecule has 1 atom stereocenters. The lowest BCUT2D eigenvalue weighted by Crippen LogP contribution is -2.33. The van der Waals surface area contributed by atoms with E-state index in [2.05, 4.69) is 21.6 Å². The molecule has 1 aromatic rings. The topological polar surface area (TPSA) is 79.9 Å². The lowest BCUT2D eigenvalue weighted by molar-refractivity contribution is -0.274. The molecule has 0 aliphatic rings. The summed E-state index contributed by atoms with van der Waals surface area (Å²) < 4.78 is 40.1. The van der Waals surface area contributed by atoms with Crippen LogP contribution in [0, 0.1) is 5.92 Å². The maximum absolute atomic E-state index is 12.1. The van der Waals surface area contributed by atoms with E-state index in [0.29, 0.717) is 19.5 Å². The van der Waals surface area contributed by atoms with Crippen molar-refractivity contribution in [2.24, 2.45) is 16.6 Å². The third-order valence-corrected chi connectivity index (χ3v) is 3.03. The van der Waals surface area contributed by atoms with Crippen LogP contribution in [-0.2, 0) is 6.42 Å². The maximum Gasteiger partial charge on any atom is 0.573 e. The number of nitrogens with two attached hydrogens (primary N) is 1. The van der Waals surface area contributed by atoms with Gasteiger partial charge >= 0.3 is 6.36 Å². The molecule has 4 N–H and O–H groups in total. The number of hydrogen-bond donors (Lipinski definition) is 3. The van der Waals surface area contributed by atoms with Crippen LogP contribution in [0.2, 0.25) is 0 Å². The molecule has 0 fully saturated rings. The lowest BCUT2D eigenvalue weighted by Gasteiger charge is -2.14. The van der Waals surface area contributed by atoms with E-state index in [1.165, 1.54) is 24.3 Å². The molecule has 24 heavy (non-hydrogen) atoms. The Kier molecular flexibility index (Phi) is 7.57. The van der Waals surface area contributed by atoms with Gasteiger partial charge in [-0.2, -0.15) is 0 Å². The number of hydrogen-bond acceptors (Lipinski definition) is 3. The van der Waals surface area contributed by atoms with Crippen LogP contribution in [0.1, 0.15) is 12.5 Å². The monoisotopic (exact) mass is 345 g/mol. The van der Waals surface area contributed by atoms with Crippen molar-refractivity contribution in [2.45, 2.75) is 19.7 Å². The molecule has 134 valence electrons. The number of rotatable bonds is 8. The molecule has 5 nitrogen and oxygen atoms in total. The molecule has 1 aromatic carbocycles. The molecule has 0 amide bonds. The molecule has 0 saturated heterocycles. The van der Waals surface area contributed by atoms with Crippen LogP contribution < -0.4 is 15.8 Å². The van der Waals surface area contributed by atoms with E-state index in [9.17, 15) is 18.3 Å². The normalized spacial score (nSPS) is 13.5. The molecule has 0 aliphatic carbocycles. The minimum atomic E-state index is -4.71. The molecule has 0 aromatic heterocycles. The molecule has 0 heterocycles. The highest BCUT2D eigenvalue weighted by Crippen LogP contribution is 2.23. The third kappa shape index (κ3) is 8.42. The van der Waals surface area contributed by atoms with Gasteiger partial charge in [0.2, 0.25) is 0 Å². The van der Waals surface area contributed by atoms with Crippen molar-refractivity contribution >= 4 is 5.96 Å². The number of nitrogens with one attached hydrogen (secondary N) is 1. The average molecular weight is 345 g/mol. The zero-order valence-corrected chi connectivity index (χ0v) is 13.4. The third-order valence-electron chi connectivity index (χ3n) is 3.03. The highest BCUT2D eigenvalue weighted by atomic mass is 19.4. The fourth-order valence-corrected chi connectivity index (χ4v) is 1.87. The number of aliphatic hydroxyl groups excluding tert-OH is 1. The highest BCUT2D eigenvalue weighted by molar-refractivity contribution is 5.78. The summed E-state index contributed by atoms with van der Waals surface area (Å²) in [6, 6.07) is 5.53. The number of aliphatic hydroxyl groups is 1. The van der Waals surface area contributed by atoms with Gasteiger partial charge in [0.15, 0.2) is 5.96 Å². The Hall–Kier alpha value is -2.22. The molecular formula is C16H22F3N3O2. The first-order valence-corrected chi connectivity index (χ1v) is 7.33. The van der Waals surface area contributed by atoms with Crippen molar-refractivity contribution in [3.05, 3.63) is 42.0 Å². The number of alkyl halides is 3. The predicted molar refractivity (Wildman–Crippen MR) is 86.7 cm³/mol. The standard InChI is InChI=1S/C16H22F3N3O2/c1-11(2)8-21-15(20)22-9-13(10-23)7-12-3-5-14(6-4-12)24-16(17,18)19/h3-6,13,23H,1,7-10H2,2H3,(H3,20,21,22). The van der Waals surface area contributed by atoms with E-state index in [4.69, 9.17) is 5.73 Å². The largest absolute Gasteiger partial charge is 0.573 e. The summed E-state index contributed by atoms with van der Waals surface area (Å²) >= 11 is 0. The molecule has 8 heteroatoms. The van der Waals surface area contributed by atoms with Gasteiger partial charge in [0.1, 0.15) is 5.75 Å². The SMILES string of the molecule is C=C(C)CNC(N)=NCC(CO)Cc1ccc(OC(F)(F)F)cc1. The van der Waals surface area contributed by atoms with Gasteiger partial charge in [-0.05, 0) is 31.0 Å². The number of halogens is 3. The Bertz CT molecular complexity index is 557. The minimum Gasteiger partial charge on any atom is -0.406 e. The maximum atomic E-state index is 12.1. The summed E-state index contributed by atoms with van der Waals surface area (Å²) in [6.07, 6.45) is -4.25. The smallest absolute Gasteiger partial charge is 0.406 e. The molecule has 1 unspecified atom stereocenters. The molecule has 0 aliphatic heterocycles. The quantitative estimate of drug-likeness (QED) is 0.383. The first-order valence-electron chi connectivity index (χ1n) is 7.33. The van der Waals surface area contributed by atoms with Crippen LogP contribution >= 0.6 is 0 Å². The van der Waals surface area contributed by atoms with Gasteiger partial charge in [-0.15, -0.1) is 13.2 Å². The first kappa shape index (κ1) is 19.8. The van der Waals surface area contributed by atoms with Crippen molar-refractivity contribution in [3.8, 4) is 5.75 Å². The summed E-state index contributed by atoms with van der Waals surface area (Å²) in [5.74, 6) is -0.215. The number of ether oxygens (including phenoxy) is 1. The summed E-state index contributed by atoms with van der Waals surface area (Å²) in [5, 5.41) is 12.3. The highest BCUT2D eigenvalue weighted by Gasteiger charge is 2.30. The Morgan fingerprint density at radius 3 is 2.50 bits per heavy atom. The molecule has 0 radical (unpaired) electrons. The fraction of sp³-hybridized carbons (Fsp3) is 0.438. The van der Waals surface area contributed by atoms with E-state index in [1.807, 2.05) is 6.92 Å². The second-order valence-corrected chi connectivity index (χ2v) is 5.48. The Morgan fingerprint density at radius 1 is 1.38 bits per heavy atom. The van der Waals surface area contributed by atoms with Crippen LogP contribution in [-0.4, -0.2) is 37.1 Å². The fourth-order valence-electron chi connectivity index (χ4n) is 1.87. The number of guanidine groups is 1. The van der Waals surface area contributed by atoms with Crippen LogP contribution in [0.3, 0.4) is 0 Å². The van der Waals surface area contributed by atoms with Gasteiger partial charge in [-0.1, -0.05) is 24.3 Å². The van der Waals surface area contributed by atoms with E-state index in [0.717, 1.165) is 11.1 Å².